The Morgan fingerprint density at radius 2 is 2.19 bits per heavy atom. The predicted molar refractivity (Wildman–Crippen MR) is 54.9 cm³/mol. The number of benzene rings is 1. The summed E-state index contributed by atoms with van der Waals surface area (Å²) in [6, 6.07) is 6.65. The van der Waals surface area contributed by atoms with Gasteiger partial charge in [-0.2, -0.15) is 0 Å². The number of para-hydroxylation sites is 1. The van der Waals surface area contributed by atoms with Crippen LogP contribution < -0.4 is 0 Å². The number of esters is 1. The molecule has 2 aromatic rings. The number of rotatable bonds is 2. The molecule has 16 heavy (non-hydrogen) atoms. The standard InChI is InChI=1S/C11H9NO4/c1-15-11(14)10-12-8(6-16-10)7-4-2-3-5-9(7)13/h2-6,13H,1H3. The topological polar surface area (TPSA) is 72.6 Å². The molecular weight excluding hydrogens is 210 g/mol. The summed E-state index contributed by atoms with van der Waals surface area (Å²) in [6.45, 7) is 0. The van der Waals surface area contributed by atoms with Crippen LogP contribution in [0.15, 0.2) is 34.9 Å². The van der Waals surface area contributed by atoms with Crippen molar-refractivity contribution in [1.82, 2.24) is 4.98 Å². The lowest BCUT2D eigenvalue weighted by Gasteiger charge is -1.97. The SMILES string of the molecule is COC(=O)c1nc(-c2ccccc2O)co1. The Morgan fingerprint density at radius 3 is 2.88 bits per heavy atom. The molecule has 0 bridgehead atoms. The van der Waals surface area contributed by atoms with E-state index in [1.54, 1.807) is 18.2 Å². The van der Waals surface area contributed by atoms with Crippen LogP contribution in [-0.4, -0.2) is 23.2 Å². The maximum Gasteiger partial charge on any atom is 0.394 e. The van der Waals surface area contributed by atoms with Gasteiger partial charge >= 0.3 is 11.9 Å². The van der Waals surface area contributed by atoms with Crippen molar-refractivity contribution >= 4 is 5.97 Å². The van der Waals surface area contributed by atoms with Crippen molar-refractivity contribution in [2.24, 2.45) is 0 Å². The van der Waals surface area contributed by atoms with Crippen molar-refractivity contribution in [3.8, 4) is 17.0 Å². The van der Waals surface area contributed by atoms with Gasteiger partial charge in [-0.1, -0.05) is 12.1 Å². The second kappa shape index (κ2) is 4.06. The van der Waals surface area contributed by atoms with Crippen LogP contribution in [0.1, 0.15) is 10.7 Å². The van der Waals surface area contributed by atoms with E-state index in [-0.39, 0.29) is 11.6 Å². The number of carbonyl (C=O) groups excluding carboxylic acids is 1. The largest absolute Gasteiger partial charge is 0.507 e. The first-order valence-corrected chi connectivity index (χ1v) is 4.54. The minimum Gasteiger partial charge on any atom is -0.507 e. The molecule has 5 nitrogen and oxygen atoms in total. The molecule has 1 aromatic heterocycles. The molecule has 1 aromatic carbocycles. The molecule has 0 aliphatic heterocycles. The summed E-state index contributed by atoms with van der Waals surface area (Å²) < 4.78 is 9.39. The molecule has 0 fully saturated rings. The van der Waals surface area contributed by atoms with Gasteiger partial charge in [0.05, 0.1) is 7.11 Å². The van der Waals surface area contributed by atoms with Gasteiger partial charge in [0, 0.05) is 5.56 Å². The number of hydrogen-bond acceptors (Lipinski definition) is 5. The fourth-order valence-electron chi connectivity index (χ4n) is 1.27. The predicted octanol–water partition coefficient (Wildman–Crippen LogP) is 1.83. The third kappa shape index (κ3) is 1.75. The molecule has 0 aliphatic rings. The van der Waals surface area contributed by atoms with Gasteiger partial charge in [-0.15, -0.1) is 0 Å². The summed E-state index contributed by atoms with van der Waals surface area (Å²) >= 11 is 0. The van der Waals surface area contributed by atoms with Gasteiger partial charge in [0.15, 0.2) is 0 Å². The normalized spacial score (nSPS) is 10.1. The van der Waals surface area contributed by atoms with Crippen LogP contribution in [0.3, 0.4) is 0 Å². The minimum absolute atomic E-state index is 0.0761. The second-order valence-corrected chi connectivity index (χ2v) is 3.05. The molecule has 0 saturated heterocycles. The Bertz CT molecular complexity index is 518. The molecule has 1 heterocycles. The number of aromatic hydroxyl groups is 1. The Balaban J connectivity index is 2.39. The van der Waals surface area contributed by atoms with Crippen molar-refractivity contribution in [1.29, 1.82) is 0 Å². The van der Waals surface area contributed by atoms with Crippen LogP contribution in [0.5, 0.6) is 5.75 Å². The molecule has 0 radical (unpaired) electrons. The first kappa shape index (κ1) is 10.2. The molecule has 82 valence electrons. The minimum atomic E-state index is -0.651. The fourth-order valence-corrected chi connectivity index (χ4v) is 1.27. The molecule has 0 aliphatic carbocycles. The highest BCUT2D eigenvalue weighted by Crippen LogP contribution is 2.27. The highest BCUT2D eigenvalue weighted by molar-refractivity contribution is 5.85. The molecular formula is C11H9NO4. The number of hydrogen-bond donors (Lipinski definition) is 1. The van der Waals surface area contributed by atoms with E-state index < -0.39 is 5.97 Å². The summed E-state index contributed by atoms with van der Waals surface area (Å²) in [5.74, 6) is -0.713. The van der Waals surface area contributed by atoms with Crippen LogP contribution in [0.4, 0.5) is 0 Å². The summed E-state index contributed by atoms with van der Waals surface area (Å²) in [4.78, 5) is 15.0. The van der Waals surface area contributed by atoms with Gasteiger partial charge in [-0.05, 0) is 12.1 Å². The number of phenolic OH excluding ortho intramolecular Hbond substituents is 1. The first-order valence-electron chi connectivity index (χ1n) is 4.54. The van der Waals surface area contributed by atoms with Gasteiger partial charge in [0.2, 0.25) is 0 Å². The maximum atomic E-state index is 11.1. The van der Waals surface area contributed by atoms with Crippen LogP contribution in [0, 0.1) is 0 Å². The van der Waals surface area contributed by atoms with E-state index >= 15 is 0 Å². The zero-order valence-electron chi connectivity index (χ0n) is 8.51. The van der Waals surface area contributed by atoms with E-state index in [0.717, 1.165) is 0 Å². The van der Waals surface area contributed by atoms with Crippen LogP contribution in [0.2, 0.25) is 0 Å². The van der Waals surface area contributed by atoms with E-state index in [2.05, 4.69) is 9.72 Å². The number of carbonyl (C=O) groups is 1. The van der Waals surface area contributed by atoms with Gasteiger partial charge in [-0.25, -0.2) is 9.78 Å². The Morgan fingerprint density at radius 1 is 1.44 bits per heavy atom. The van der Waals surface area contributed by atoms with E-state index in [0.29, 0.717) is 11.3 Å². The van der Waals surface area contributed by atoms with Crippen LogP contribution >= 0.6 is 0 Å². The van der Waals surface area contributed by atoms with Crippen molar-refractivity contribution in [3.05, 3.63) is 36.4 Å². The summed E-state index contributed by atoms with van der Waals surface area (Å²) in [5, 5.41) is 9.57. The lowest BCUT2D eigenvalue weighted by Crippen LogP contribution is -2.00. The zero-order valence-corrected chi connectivity index (χ0v) is 8.51. The van der Waals surface area contributed by atoms with Crippen molar-refractivity contribution in [3.63, 3.8) is 0 Å². The molecule has 5 heteroatoms. The van der Waals surface area contributed by atoms with Gasteiger partial charge < -0.3 is 14.3 Å². The number of aromatic nitrogens is 1. The van der Waals surface area contributed by atoms with E-state index in [9.17, 15) is 9.90 Å². The van der Waals surface area contributed by atoms with Crippen LogP contribution in [0.25, 0.3) is 11.3 Å². The lowest BCUT2D eigenvalue weighted by atomic mass is 10.1. The summed E-state index contributed by atoms with van der Waals surface area (Å²) in [5.41, 5.74) is 0.889. The molecule has 1 N–H and O–H groups in total. The molecule has 0 unspecified atom stereocenters. The first-order chi connectivity index (χ1) is 7.72. The van der Waals surface area contributed by atoms with Crippen molar-refractivity contribution in [2.75, 3.05) is 7.11 Å². The number of methoxy groups -OCH3 is 1. The Labute approximate surface area is 91.3 Å². The van der Waals surface area contributed by atoms with Crippen molar-refractivity contribution in [2.45, 2.75) is 0 Å². The fraction of sp³-hybridized carbons (Fsp3) is 0.0909. The third-order valence-electron chi connectivity index (χ3n) is 2.04. The molecule has 2 rings (SSSR count). The zero-order chi connectivity index (χ0) is 11.5. The number of oxazole rings is 1. The van der Waals surface area contributed by atoms with E-state index in [1.165, 1.54) is 19.4 Å². The quantitative estimate of drug-likeness (QED) is 0.780. The lowest BCUT2D eigenvalue weighted by molar-refractivity contribution is 0.0556. The maximum absolute atomic E-state index is 11.1. The molecule has 0 amide bonds. The average Bonchev–Trinajstić information content (AvgIpc) is 2.78. The van der Waals surface area contributed by atoms with Gasteiger partial charge in [0.25, 0.3) is 0 Å². The monoisotopic (exact) mass is 219 g/mol. The highest BCUT2D eigenvalue weighted by Gasteiger charge is 2.15. The number of nitrogens with zero attached hydrogens (tertiary/aromatic N) is 1. The third-order valence-corrected chi connectivity index (χ3v) is 2.04. The van der Waals surface area contributed by atoms with Crippen LogP contribution in [-0.2, 0) is 4.74 Å². The smallest absolute Gasteiger partial charge is 0.394 e. The summed E-state index contributed by atoms with van der Waals surface area (Å²) in [6.07, 6.45) is 1.29. The van der Waals surface area contributed by atoms with Crippen molar-refractivity contribution < 1.29 is 19.1 Å². The van der Waals surface area contributed by atoms with E-state index in [1.807, 2.05) is 0 Å². The Hall–Kier alpha value is -2.30. The highest BCUT2D eigenvalue weighted by atomic mass is 16.5. The molecule has 0 atom stereocenters. The summed E-state index contributed by atoms with van der Waals surface area (Å²) in [7, 11) is 1.24. The number of phenols is 1. The molecule has 0 spiro atoms. The van der Waals surface area contributed by atoms with Gasteiger partial charge in [-0.3, -0.25) is 0 Å². The average molecular weight is 219 g/mol. The second-order valence-electron chi connectivity index (χ2n) is 3.05. The van der Waals surface area contributed by atoms with E-state index in [4.69, 9.17) is 4.42 Å². The number of ether oxygens (including phenoxy) is 1. The molecule has 0 saturated carbocycles. The van der Waals surface area contributed by atoms with Gasteiger partial charge in [0.1, 0.15) is 17.7 Å². The Kier molecular flexibility index (Phi) is 2.59.